The second-order valence-corrected chi connectivity index (χ2v) is 4.96. The average molecular weight is 301 g/mol. The van der Waals surface area contributed by atoms with E-state index in [1.165, 1.54) is 18.2 Å². The Morgan fingerprint density at radius 1 is 1.14 bits per heavy atom. The maximum atomic E-state index is 11.1. The molecular formula is C16H19N3O3. The second kappa shape index (κ2) is 6.89. The van der Waals surface area contributed by atoms with Crippen LogP contribution in [0.1, 0.15) is 16.8 Å². The molecule has 0 atom stereocenters. The number of rotatable bonds is 5. The van der Waals surface area contributed by atoms with Crippen molar-refractivity contribution >= 4 is 17.6 Å². The van der Waals surface area contributed by atoms with Gasteiger partial charge in [-0.1, -0.05) is 6.07 Å². The second-order valence-electron chi connectivity index (χ2n) is 4.96. The number of carbonyl (C=O) groups excluding carboxylic acids is 1. The Kier molecular flexibility index (Phi) is 4.93. The van der Waals surface area contributed by atoms with E-state index in [9.17, 15) is 4.79 Å². The monoisotopic (exact) mass is 301 g/mol. The van der Waals surface area contributed by atoms with Crippen molar-refractivity contribution in [1.29, 1.82) is 0 Å². The quantitative estimate of drug-likeness (QED) is 0.856. The fourth-order valence-corrected chi connectivity index (χ4v) is 1.81. The number of ether oxygens (including phenoxy) is 2. The molecule has 0 radical (unpaired) electrons. The Bertz CT molecular complexity index is 686. The molecule has 1 aromatic heterocycles. The number of esters is 1. The van der Waals surface area contributed by atoms with E-state index in [2.05, 4.69) is 26.9 Å². The zero-order valence-electron chi connectivity index (χ0n) is 13.1. The number of anilines is 2. The van der Waals surface area contributed by atoms with Crippen LogP contribution in [0.4, 0.5) is 11.6 Å². The number of hydrogen-bond acceptors (Lipinski definition) is 6. The lowest BCUT2D eigenvalue weighted by Gasteiger charge is -2.10. The lowest BCUT2D eigenvalue weighted by Crippen LogP contribution is -2.13. The van der Waals surface area contributed by atoms with Gasteiger partial charge in [0, 0.05) is 17.4 Å². The molecule has 1 heterocycles. The summed E-state index contributed by atoms with van der Waals surface area (Å²) >= 11 is 0. The molecule has 0 aliphatic carbocycles. The molecule has 0 fully saturated rings. The van der Waals surface area contributed by atoms with E-state index >= 15 is 0 Å². The van der Waals surface area contributed by atoms with Crippen LogP contribution >= 0.6 is 0 Å². The smallest absolute Gasteiger partial charge is 0.343 e. The maximum absolute atomic E-state index is 11.1. The van der Waals surface area contributed by atoms with Crippen LogP contribution in [0.25, 0.3) is 0 Å². The molecule has 116 valence electrons. The van der Waals surface area contributed by atoms with Gasteiger partial charge in [0.15, 0.2) is 6.61 Å². The van der Waals surface area contributed by atoms with Gasteiger partial charge in [0.2, 0.25) is 11.8 Å². The number of nitrogens with one attached hydrogen (secondary N) is 1. The van der Waals surface area contributed by atoms with Gasteiger partial charge in [-0.25, -0.2) is 9.78 Å². The third-order valence-corrected chi connectivity index (χ3v) is 3.16. The largest absolute Gasteiger partial charge is 0.466 e. The van der Waals surface area contributed by atoms with Crippen LogP contribution in [0.15, 0.2) is 24.3 Å². The molecule has 0 spiro atoms. The van der Waals surface area contributed by atoms with Gasteiger partial charge in [-0.2, -0.15) is 4.98 Å². The van der Waals surface area contributed by atoms with E-state index in [0.29, 0.717) is 11.8 Å². The predicted molar refractivity (Wildman–Crippen MR) is 83.5 cm³/mol. The molecule has 0 amide bonds. The minimum atomic E-state index is -0.458. The van der Waals surface area contributed by atoms with Crippen molar-refractivity contribution < 1.29 is 14.3 Å². The molecule has 6 nitrogen and oxygen atoms in total. The fraction of sp³-hybridized carbons (Fsp3) is 0.312. The van der Waals surface area contributed by atoms with Crippen molar-refractivity contribution in [3.63, 3.8) is 0 Å². The molecule has 0 unspecified atom stereocenters. The van der Waals surface area contributed by atoms with E-state index in [1.54, 1.807) is 6.07 Å². The molecule has 1 aromatic carbocycles. The molecular weight excluding hydrogens is 282 g/mol. The lowest BCUT2D eigenvalue weighted by atomic mass is 10.1. The van der Waals surface area contributed by atoms with Crippen LogP contribution in [0.3, 0.4) is 0 Å². The van der Waals surface area contributed by atoms with Gasteiger partial charge < -0.3 is 14.8 Å². The summed E-state index contributed by atoms with van der Waals surface area (Å²) in [6, 6.07) is 7.68. The normalized spacial score (nSPS) is 10.2. The molecule has 2 aromatic rings. The average Bonchev–Trinajstić information content (AvgIpc) is 2.48. The van der Waals surface area contributed by atoms with Gasteiger partial charge in [-0.05, 0) is 44.0 Å². The number of benzene rings is 1. The highest BCUT2D eigenvalue weighted by atomic mass is 16.6. The van der Waals surface area contributed by atoms with Gasteiger partial charge >= 0.3 is 5.97 Å². The zero-order chi connectivity index (χ0) is 16.1. The molecule has 0 saturated carbocycles. The summed E-state index contributed by atoms with van der Waals surface area (Å²) in [6.45, 7) is 5.75. The topological polar surface area (TPSA) is 73.3 Å². The Hall–Kier alpha value is -2.63. The molecule has 6 heteroatoms. The summed E-state index contributed by atoms with van der Waals surface area (Å²) in [7, 11) is 1.31. The first-order valence-electron chi connectivity index (χ1n) is 6.87. The van der Waals surface area contributed by atoms with Gasteiger partial charge in [0.1, 0.15) is 0 Å². The predicted octanol–water partition coefficient (Wildman–Crippen LogP) is 2.70. The van der Waals surface area contributed by atoms with Crippen LogP contribution in [-0.2, 0) is 9.53 Å². The summed E-state index contributed by atoms with van der Waals surface area (Å²) in [6.07, 6.45) is 0. The highest BCUT2D eigenvalue weighted by molar-refractivity contribution is 5.70. The maximum Gasteiger partial charge on any atom is 0.343 e. The van der Waals surface area contributed by atoms with Crippen LogP contribution in [0.5, 0.6) is 5.88 Å². The SMILES string of the molecule is COC(=O)COc1cc(C)nc(Nc2ccc(C)c(C)c2)n1. The summed E-state index contributed by atoms with van der Waals surface area (Å²) in [5.41, 5.74) is 4.03. The van der Waals surface area contributed by atoms with Gasteiger partial charge in [-0.3, -0.25) is 0 Å². The van der Waals surface area contributed by atoms with E-state index < -0.39 is 5.97 Å². The van der Waals surface area contributed by atoms with Crippen molar-refractivity contribution in [1.82, 2.24) is 9.97 Å². The molecule has 0 aliphatic heterocycles. The van der Waals surface area contributed by atoms with Crippen LogP contribution in [-0.4, -0.2) is 29.7 Å². The first kappa shape index (κ1) is 15.8. The Labute approximate surface area is 129 Å². The molecule has 1 N–H and O–H groups in total. The fourth-order valence-electron chi connectivity index (χ4n) is 1.81. The Morgan fingerprint density at radius 3 is 2.59 bits per heavy atom. The van der Waals surface area contributed by atoms with Crippen molar-refractivity contribution in [2.75, 3.05) is 19.0 Å². The third kappa shape index (κ3) is 4.18. The summed E-state index contributed by atoms with van der Waals surface area (Å²) in [4.78, 5) is 19.7. The number of hydrogen-bond donors (Lipinski definition) is 1. The lowest BCUT2D eigenvalue weighted by molar-refractivity contribution is -0.143. The van der Waals surface area contributed by atoms with Gasteiger partial charge in [0.05, 0.1) is 7.11 Å². The van der Waals surface area contributed by atoms with Crippen molar-refractivity contribution in [2.45, 2.75) is 20.8 Å². The first-order chi connectivity index (χ1) is 10.5. The minimum Gasteiger partial charge on any atom is -0.466 e. The number of aromatic nitrogens is 2. The van der Waals surface area contributed by atoms with Gasteiger partial charge in [0.25, 0.3) is 0 Å². The van der Waals surface area contributed by atoms with Crippen LogP contribution < -0.4 is 10.1 Å². The number of methoxy groups -OCH3 is 1. The van der Waals surface area contributed by atoms with E-state index in [1.807, 2.05) is 32.0 Å². The van der Waals surface area contributed by atoms with Gasteiger partial charge in [-0.15, -0.1) is 0 Å². The highest BCUT2D eigenvalue weighted by Gasteiger charge is 2.07. The molecule has 0 saturated heterocycles. The van der Waals surface area contributed by atoms with Crippen molar-refractivity contribution in [3.05, 3.63) is 41.1 Å². The molecule has 0 bridgehead atoms. The molecule has 2 rings (SSSR count). The third-order valence-electron chi connectivity index (χ3n) is 3.16. The Balaban J connectivity index is 2.15. The van der Waals surface area contributed by atoms with Crippen LogP contribution in [0, 0.1) is 20.8 Å². The summed E-state index contributed by atoms with van der Waals surface area (Å²) in [5.74, 6) is 0.285. The molecule has 22 heavy (non-hydrogen) atoms. The zero-order valence-corrected chi connectivity index (χ0v) is 13.1. The highest BCUT2D eigenvalue weighted by Crippen LogP contribution is 2.19. The first-order valence-corrected chi connectivity index (χ1v) is 6.87. The number of aryl methyl sites for hydroxylation is 3. The Morgan fingerprint density at radius 2 is 1.91 bits per heavy atom. The van der Waals surface area contributed by atoms with Crippen molar-refractivity contribution in [3.8, 4) is 5.88 Å². The number of carbonyl (C=O) groups is 1. The van der Waals surface area contributed by atoms with Crippen molar-refractivity contribution in [2.24, 2.45) is 0 Å². The van der Waals surface area contributed by atoms with Crippen LogP contribution in [0.2, 0.25) is 0 Å². The summed E-state index contributed by atoms with van der Waals surface area (Å²) in [5, 5.41) is 3.14. The van der Waals surface area contributed by atoms with E-state index in [0.717, 1.165) is 11.4 Å². The summed E-state index contributed by atoms with van der Waals surface area (Å²) < 4.78 is 9.82. The van der Waals surface area contributed by atoms with E-state index in [4.69, 9.17) is 4.74 Å². The molecule has 0 aliphatic rings. The minimum absolute atomic E-state index is 0.184. The number of nitrogens with zero attached hydrogens (tertiary/aromatic N) is 2. The standard InChI is InChI=1S/C16H19N3O3/c1-10-5-6-13(7-11(10)2)18-16-17-12(3)8-14(19-16)22-9-15(20)21-4/h5-8H,9H2,1-4H3,(H,17,18,19). The van der Waals surface area contributed by atoms with E-state index in [-0.39, 0.29) is 6.61 Å².